The summed E-state index contributed by atoms with van der Waals surface area (Å²) in [7, 11) is 0. The zero-order chi connectivity index (χ0) is 15.4. The van der Waals surface area contributed by atoms with E-state index in [0.29, 0.717) is 25.9 Å². The molecule has 0 spiro atoms. The van der Waals surface area contributed by atoms with E-state index < -0.39 is 0 Å². The number of likely N-dealkylation sites (tertiary alicyclic amines) is 1. The van der Waals surface area contributed by atoms with Crippen molar-refractivity contribution in [3.63, 3.8) is 0 Å². The molecule has 4 nitrogen and oxygen atoms in total. The smallest absolute Gasteiger partial charge is 0.223 e. The minimum absolute atomic E-state index is 0.00928. The fourth-order valence-corrected chi connectivity index (χ4v) is 2.62. The summed E-state index contributed by atoms with van der Waals surface area (Å²) in [5, 5.41) is 2.96. The second-order valence-electron chi connectivity index (χ2n) is 5.56. The van der Waals surface area contributed by atoms with E-state index in [1.807, 2.05) is 6.92 Å². The molecule has 0 radical (unpaired) electrons. The van der Waals surface area contributed by atoms with E-state index in [1.165, 1.54) is 12.1 Å². The maximum absolute atomic E-state index is 12.9. The van der Waals surface area contributed by atoms with Gasteiger partial charge in [-0.1, -0.05) is 12.1 Å². The van der Waals surface area contributed by atoms with Crippen molar-refractivity contribution in [3.8, 4) is 0 Å². The number of carbonyl (C=O) groups is 2. The monoisotopic (exact) mass is 292 g/mol. The number of piperidine rings is 1. The fraction of sp³-hybridized carbons (Fsp3) is 0.500. The van der Waals surface area contributed by atoms with E-state index in [1.54, 1.807) is 24.0 Å². The second-order valence-corrected chi connectivity index (χ2v) is 5.56. The second kappa shape index (κ2) is 6.70. The highest BCUT2D eigenvalue weighted by molar-refractivity contribution is 5.80. The first kappa shape index (κ1) is 15.5. The van der Waals surface area contributed by atoms with Gasteiger partial charge in [-0.3, -0.25) is 9.59 Å². The van der Waals surface area contributed by atoms with Crippen LogP contribution < -0.4 is 5.32 Å². The van der Waals surface area contributed by atoms with Crippen LogP contribution in [0.4, 0.5) is 4.39 Å². The van der Waals surface area contributed by atoms with Gasteiger partial charge in [-0.25, -0.2) is 4.39 Å². The Hall–Kier alpha value is -1.91. The molecule has 114 valence electrons. The maximum atomic E-state index is 12.9. The lowest BCUT2D eigenvalue weighted by molar-refractivity contribution is -0.134. The molecule has 21 heavy (non-hydrogen) atoms. The summed E-state index contributed by atoms with van der Waals surface area (Å²) >= 11 is 0. The first-order valence-electron chi connectivity index (χ1n) is 7.28. The topological polar surface area (TPSA) is 49.4 Å². The van der Waals surface area contributed by atoms with Gasteiger partial charge >= 0.3 is 0 Å². The van der Waals surface area contributed by atoms with Crippen LogP contribution in [0.5, 0.6) is 0 Å². The summed E-state index contributed by atoms with van der Waals surface area (Å²) in [4.78, 5) is 25.3. The largest absolute Gasteiger partial charge is 0.349 e. The van der Waals surface area contributed by atoms with Crippen LogP contribution in [0.25, 0.3) is 0 Å². The van der Waals surface area contributed by atoms with E-state index in [-0.39, 0.29) is 29.6 Å². The number of amides is 2. The van der Waals surface area contributed by atoms with Crippen LogP contribution in [0.1, 0.15) is 38.3 Å². The van der Waals surface area contributed by atoms with Gasteiger partial charge in [0.25, 0.3) is 0 Å². The standard InChI is InChI=1S/C16H21FN2O2/c1-11(13-3-5-15(17)6-4-13)18-16(21)14-7-9-19(10-8-14)12(2)20/h3-6,11,14H,7-10H2,1-2H3,(H,18,21). The van der Waals surface area contributed by atoms with Gasteiger partial charge in [0.15, 0.2) is 0 Å². The van der Waals surface area contributed by atoms with E-state index >= 15 is 0 Å². The average Bonchev–Trinajstić information content (AvgIpc) is 2.47. The molecule has 1 atom stereocenters. The number of nitrogens with one attached hydrogen (secondary N) is 1. The van der Waals surface area contributed by atoms with Crippen LogP contribution in [-0.4, -0.2) is 29.8 Å². The van der Waals surface area contributed by atoms with E-state index in [4.69, 9.17) is 0 Å². The van der Waals surface area contributed by atoms with Crippen molar-refractivity contribution in [2.75, 3.05) is 13.1 Å². The van der Waals surface area contributed by atoms with Crippen LogP contribution in [0.15, 0.2) is 24.3 Å². The van der Waals surface area contributed by atoms with Gasteiger partial charge in [0.05, 0.1) is 6.04 Å². The molecule has 1 aromatic carbocycles. The SMILES string of the molecule is CC(=O)N1CCC(C(=O)NC(C)c2ccc(F)cc2)CC1. The number of benzene rings is 1. The van der Waals surface area contributed by atoms with Crippen molar-refractivity contribution in [2.24, 2.45) is 5.92 Å². The van der Waals surface area contributed by atoms with Gasteiger partial charge in [-0.05, 0) is 37.5 Å². The van der Waals surface area contributed by atoms with Gasteiger partial charge in [-0.15, -0.1) is 0 Å². The number of hydrogen-bond acceptors (Lipinski definition) is 2. The maximum Gasteiger partial charge on any atom is 0.223 e. The molecule has 1 aliphatic rings. The lowest BCUT2D eigenvalue weighted by Crippen LogP contribution is -2.42. The molecule has 5 heteroatoms. The summed E-state index contributed by atoms with van der Waals surface area (Å²) in [6.07, 6.45) is 1.39. The molecule has 2 rings (SSSR count). The van der Waals surface area contributed by atoms with E-state index in [0.717, 1.165) is 5.56 Å². The zero-order valence-corrected chi connectivity index (χ0v) is 12.4. The number of halogens is 1. The van der Waals surface area contributed by atoms with Crippen molar-refractivity contribution < 1.29 is 14.0 Å². The highest BCUT2D eigenvalue weighted by Crippen LogP contribution is 2.20. The summed E-state index contributed by atoms with van der Waals surface area (Å²) in [5.41, 5.74) is 0.880. The van der Waals surface area contributed by atoms with E-state index in [9.17, 15) is 14.0 Å². The molecule has 1 saturated heterocycles. The Morgan fingerprint density at radius 1 is 1.24 bits per heavy atom. The molecular formula is C16H21FN2O2. The Bertz CT molecular complexity index is 508. The van der Waals surface area contributed by atoms with Crippen molar-refractivity contribution in [3.05, 3.63) is 35.6 Å². The lowest BCUT2D eigenvalue weighted by Gasteiger charge is -2.31. The molecule has 0 aliphatic carbocycles. The third-order valence-electron chi connectivity index (χ3n) is 4.04. The fourth-order valence-electron chi connectivity index (χ4n) is 2.62. The van der Waals surface area contributed by atoms with Crippen molar-refractivity contribution in [1.29, 1.82) is 0 Å². The van der Waals surface area contributed by atoms with Gasteiger partial charge < -0.3 is 10.2 Å². The van der Waals surface area contributed by atoms with Crippen LogP contribution in [0, 0.1) is 11.7 Å². The van der Waals surface area contributed by atoms with Crippen LogP contribution in [-0.2, 0) is 9.59 Å². The molecule has 1 fully saturated rings. The molecule has 1 N–H and O–H groups in total. The molecule has 2 amide bonds. The number of hydrogen-bond donors (Lipinski definition) is 1. The van der Waals surface area contributed by atoms with Gasteiger partial charge in [0, 0.05) is 25.9 Å². The first-order chi connectivity index (χ1) is 9.97. The highest BCUT2D eigenvalue weighted by Gasteiger charge is 2.26. The van der Waals surface area contributed by atoms with Crippen LogP contribution in [0.2, 0.25) is 0 Å². The predicted octanol–water partition coefficient (Wildman–Crippen LogP) is 2.26. The van der Waals surface area contributed by atoms with E-state index in [2.05, 4.69) is 5.32 Å². The van der Waals surface area contributed by atoms with Gasteiger partial charge in [-0.2, -0.15) is 0 Å². The number of rotatable bonds is 3. The lowest BCUT2D eigenvalue weighted by atomic mass is 9.95. The molecule has 1 aromatic rings. The van der Waals surface area contributed by atoms with Crippen LogP contribution in [0.3, 0.4) is 0 Å². The molecule has 0 bridgehead atoms. The minimum atomic E-state index is -0.283. The number of nitrogens with zero attached hydrogens (tertiary/aromatic N) is 1. The summed E-state index contributed by atoms with van der Waals surface area (Å²) in [6, 6.07) is 5.99. The Labute approximate surface area is 124 Å². The Morgan fingerprint density at radius 2 is 1.81 bits per heavy atom. The predicted molar refractivity (Wildman–Crippen MR) is 77.9 cm³/mol. The minimum Gasteiger partial charge on any atom is -0.349 e. The molecular weight excluding hydrogens is 271 g/mol. The molecule has 0 aromatic heterocycles. The molecule has 1 unspecified atom stereocenters. The third kappa shape index (κ3) is 4.03. The highest BCUT2D eigenvalue weighted by atomic mass is 19.1. The summed E-state index contributed by atoms with van der Waals surface area (Å²) in [5.74, 6) is -0.263. The first-order valence-corrected chi connectivity index (χ1v) is 7.28. The van der Waals surface area contributed by atoms with Gasteiger partial charge in [0.1, 0.15) is 5.82 Å². The summed E-state index contributed by atoms with van der Waals surface area (Å²) < 4.78 is 12.9. The molecule has 0 saturated carbocycles. The van der Waals surface area contributed by atoms with Crippen molar-refractivity contribution >= 4 is 11.8 Å². The van der Waals surface area contributed by atoms with Crippen molar-refractivity contribution in [2.45, 2.75) is 32.7 Å². The van der Waals surface area contributed by atoms with Crippen molar-refractivity contribution in [1.82, 2.24) is 10.2 Å². The Balaban J connectivity index is 1.87. The number of carbonyl (C=O) groups excluding carboxylic acids is 2. The Kier molecular flexibility index (Phi) is 4.94. The average molecular weight is 292 g/mol. The van der Waals surface area contributed by atoms with Crippen LogP contribution >= 0.6 is 0 Å². The summed E-state index contributed by atoms with van der Waals surface area (Å²) in [6.45, 7) is 4.71. The molecule has 1 aliphatic heterocycles. The Morgan fingerprint density at radius 3 is 2.33 bits per heavy atom. The van der Waals surface area contributed by atoms with Gasteiger partial charge in [0.2, 0.25) is 11.8 Å². The zero-order valence-electron chi connectivity index (χ0n) is 12.4. The third-order valence-corrected chi connectivity index (χ3v) is 4.04. The quantitative estimate of drug-likeness (QED) is 0.929. The normalized spacial score (nSPS) is 17.4. The molecule has 1 heterocycles.